The van der Waals surface area contributed by atoms with Gasteiger partial charge in [0.25, 0.3) is 0 Å². The van der Waals surface area contributed by atoms with Gasteiger partial charge in [-0.2, -0.15) is 0 Å². The lowest BCUT2D eigenvalue weighted by atomic mass is 10.0. The van der Waals surface area contributed by atoms with E-state index < -0.39 is 47.2 Å². The summed E-state index contributed by atoms with van der Waals surface area (Å²) in [5, 5.41) is 15.4. The molecule has 1 heterocycles. The number of para-hydroxylation sites is 1. The summed E-state index contributed by atoms with van der Waals surface area (Å²) in [5.41, 5.74) is 1.47. The van der Waals surface area contributed by atoms with Crippen LogP contribution in [0.15, 0.2) is 48.7 Å². The molecule has 0 aliphatic heterocycles. The molecule has 5 N–H and O–H groups in total. The van der Waals surface area contributed by atoms with Gasteiger partial charge in [-0.15, -0.1) is 0 Å². The highest BCUT2D eigenvalue weighted by atomic mass is 19.1. The van der Waals surface area contributed by atoms with Gasteiger partial charge in [0.05, 0.1) is 11.7 Å². The number of carbonyl (C=O) groups is 4. The highest BCUT2D eigenvalue weighted by Gasteiger charge is 2.27. The fourth-order valence-electron chi connectivity index (χ4n) is 3.83. The predicted molar refractivity (Wildman–Crippen MR) is 133 cm³/mol. The molecule has 37 heavy (non-hydrogen) atoms. The van der Waals surface area contributed by atoms with Crippen LogP contribution in [0.4, 0.5) is 8.78 Å². The number of nitrogens with one attached hydrogen (secondary N) is 5. The van der Waals surface area contributed by atoms with Crippen LogP contribution in [0.2, 0.25) is 0 Å². The van der Waals surface area contributed by atoms with E-state index in [4.69, 9.17) is 5.41 Å². The van der Waals surface area contributed by atoms with Crippen molar-refractivity contribution in [1.82, 2.24) is 20.9 Å². The maximum absolute atomic E-state index is 14.1. The Labute approximate surface area is 211 Å². The molecule has 2 aromatic carbocycles. The van der Waals surface area contributed by atoms with Crippen molar-refractivity contribution in [3.05, 3.63) is 71.4 Å². The lowest BCUT2D eigenvalue weighted by molar-refractivity contribution is -0.132. The molecule has 11 heteroatoms. The Bertz CT molecular complexity index is 1310. The van der Waals surface area contributed by atoms with Gasteiger partial charge < -0.3 is 26.3 Å². The number of halogens is 2. The van der Waals surface area contributed by atoms with Crippen molar-refractivity contribution in [2.45, 2.75) is 44.8 Å². The fourth-order valence-corrected chi connectivity index (χ4v) is 3.83. The average molecular weight is 512 g/mol. The Morgan fingerprint density at radius 1 is 1.00 bits per heavy atom. The molecule has 0 unspecified atom stereocenters. The van der Waals surface area contributed by atoms with Crippen LogP contribution in [0.3, 0.4) is 0 Å². The van der Waals surface area contributed by atoms with Gasteiger partial charge in [0, 0.05) is 37.9 Å². The van der Waals surface area contributed by atoms with Crippen LogP contribution in [0.1, 0.15) is 30.9 Å². The second-order valence-electron chi connectivity index (χ2n) is 8.49. The molecule has 0 bridgehead atoms. The number of amides is 3. The summed E-state index contributed by atoms with van der Waals surface area (Å²) in [6, 6.07) is 7.77. The Morgan fingerprint density at radius 3 is 2.41 bits per heavy atom. The summed E-state index contributed by atoms with van der Waals surface area (Å²) >= 11 is 0. The monoisotopic (exact) mass is 511 g/mol. The van der Waals surface area contributed by atoms with Crippen LogP contribution in [0.5, 0.6) is 0 Å². The van der Waals surface area contributed by atoms with Gasteiger partial charge in [-0.3, -0.25) is 19.2 Å². The maximum atomic E-state index is 14.1. The number of H-pyrrole nitrogens is 1. The van der Waals surface area contributed by atoms with E-state index in [-0.39, 0.29) is 31.3 Å². The third-order valence-electron chi connectivity index (χ3n) is 5.72. The van der Waals surface area contributed by atoms with Crippen LogP contribution in [0.25, 0.3) is 10.9 Å². The lowest BCUT2D eigenvalue weighted by Crippen LogP contribution is -2.54. The number of fused-ring (bicyclic) bond motifs is 1. The highest BCUT2D eigenvalue weighted by molar-refractivity contribution is 6.26. The van der Waals surface area contributed by atoms with Crippen molar-refractivity contribution >= 4 is 40.6 Å². The van der Waals surface area contributed by atoms with E-state index >= 15 is 0 Å². The third kappa shape index (κ3) is 7.53. The highest BCUT2D eigenvalue weighted by Crippen LogP contribution is 2.22. The second kappa shape index (κ2) is 12.5. The Morgan fingerprint density at radius 2 is 1.73 bits per heavy atom. The van der Waals surface area contributed by atoms with Crippen LogP contribution < -0.4 is 16.0 Å². The van der Waals surface area contributed by atoms with E-state index in [0.29, 0.717) is 22.7 Å². The molecule has 0 spiro atoms. The number of ketones is 1. The van der Waals surface area contributed by atoms with Gasteiger partial charge in [0.1, 0.15) is 23.7 Å². The molecule has 0 saturated heterocycles. The largest absolute Gasteiger partial charge is 0.359 e. The van der Waals surface area contributed by atoms with Gasteiger partial charge in [-0.1, -0.05) is 24.3 Å². The molecule has 0 aliphatic carbocycles. The molecule has 2 atom stereocenters. The summed E-state index contributed by atoms with van der Waals surface area (Å²) in [6.45, 7) is 1.30. The van der Waals surface area contributed by atoms with E-state index in [1.54, 1.807) is 12.3 Å². The van der Waals surface area contributed by atoms with Crippen LogP contribution in [-0.2, 0) is 32.1 Å². The summed E-state index contributed by atoms with van der Waals surface area (Å²) in [6.07, 6.45) is 1.94. The van der Waals surface area contributed by atoms with E-state index in [1.165, 1.54) is 43.3 Å². The summed E-state index contributed by atoms with van der Waals surface area (Å²) < 4.78 is 27.2. The number of carbonyl (C=O) groups excluding carboxylic acids is 4. The van der Waals surface area contributed by atoms with Gasteiger partial charge in [0.15, 0.2) is 5.78 Å². The molecule has 9 nitrogen and oxygen atoms in total. The van der Waals surface area contributed by atoms with Crippen molar-refractivity contribution < 1.29 is 28.0 Å². The zero-order chi connectivity index (χ0) is 26.9. The summed E-state index contributed by atoms with van der Waals surface area (Å²) in [4.78, 5) is 52.4. The smallest absolute Gasteiger partial charge is 0.243 e. The first-order valence-corrected chi connectivity index (χ1v) is 11.5. The number of hydrogen-bond acceptors (Lipinski definition) is 5. The number of Topliss-reactive ketones (excluding diaryl/α,β-unsaturated/α-hetero) is 1. The lowest BCUT2D eigenvalue weighted by Gasteiger charge is -2.23. The van der Waals surface area contributed by atoms with Gasteiger partial charge in [-0.25, -0.2) is 8.78 Å². The third-order valence-corrected chi connectivity index (χ3v) is 5.72. The fraction of sp³-hybridized carbons (Fsp3) is 0.269. The number of aromatic amines is 1. The normalized spacial score (nSPS) is 12.4. The average Bonchev–Trinajstić information content (AvgIpc) is 3.29. The van der Waals surface area contributed by atoms with E-state index in [1.807, 2.05) is 0 Å². The molecule has 0 radical (unpaired) electrons. The van der Waals surface area contributed by atoms with E-state index in [9.17, 15) is 28.0 Å². The predicted octanol–water partition coefficient (Wildman–Crippen LogP) is 2.29. The zero-order valence-electron chi connectivity index (χ0n) is 20.1. The van der Waals surface area contributed by atoms with Gasteiger partial charge >= 0.3 is 0 Å². The Balaban J connectivity index is 1.76. The molecule has 0 aliphatic rings. The van der Waals surface area contributed by atoms with Crippen molar-refractivity contribution in [2.24, 2.45) is 0 Å². The first-order chi connectivity index (χ1) is 17.7. The summed E-state index contributed by atoms with van der Waals surface area (Å²) in [5.74, 6) is -3.16. The van der Waals surface area contributed by atoms with Crippen LogP contribution in [-0.4, -0.2) is 46.8 Å². The summed E-state index contributed by atoms with van der Waals surface area (Å²) in [7, 11) is 0. The Hall–Kier alpha value is -4.41. The van der Waals surface area contributed by atoms with Crippen molar-refractivity contribution in [2.75, 3.05) is 0 Å². The molecule has 3 aromatic rings. The van der Waals surface area contributed by atoms with Crippen molar-refractivity contribution in [1.29, 1.82) is 5.41 Å². The van der Waals surface area contributed by atoms with Crippen LogP contribution in [0, 0.1) is 17.0 Å². The quantitative estimate of drug-likeness (QED) is 0.238. The maximum Gasteiger partial charge on any atom is 0.243 e. The standard InChI is InChI=1S/C26H27F2N5O4/c1-15(34)32-23(11-17-14-30-24-20(17)3-2-4-21(24)28)26(37)33-22(10-9-19(35)12-29)25(36)31-13-16-5-7-18(27)8-6-16/h2-8,12,14,22-23,29-30H,9-11,13H2,1H3,(H,31,36)(H,32,34)(H,33,37)/t22-,23-/m0/s1. The molecule has 0 fully saturated rings. The Kier molecular flexibility index (Phi) is 9.20. The number of hydrogen-bond donors (Lipinski definition) is 5. The molecule has 3 rings (SSSR count). The van der Waals surface area contributed by atoms with Gasteiger partial charge in [0.2, 0.25) is 17.7 Å². The molecular formula is C26H27F2N5O4. The first-order valence-electron chi connectivity index (χ1n) is 11.5. The number of benzene rings is 2. The minimum atomic E-state index is -1.14. The van der Waals surface area contributed by atoms with E-state index in [2.05, 4.69) is 20.9 Å². The number of rotatable bonds is 12. The minimum absolute atomic E-state index is 0.0121. The first kappa shape index (κ1) is 27.2. The minimum Gasteiger partial charge on any atom is -0.359 e. The zero-order valence-corrected chi connectivity index (χ0v) is 20.1. The van der Waals surface area contributed by atoms with E-state index in [0.717, 1.165) is 0 Å². The molecule has 3 amide bonds. The van der Waals surface area contributed by atoms with Crippen LogP contribution >= 0.6 is 0 Å². The molecule has 194 valence electrons. The van der Waals surface area contributed by atoms with Gasteiger partial charge in [-0.05, 0) is 35.7 Å². The van der Waals surface area contributed by atoms with Crippen molar-refractivity contribution in [3.8, 4) is 0 Å². The topological polar surface area (TPSA) is 144 Å². The molecular weight excluding hydrogens is 484 g/mol. The molecule has 0 saturated carbocycles. The SMILES string of the molecule is CC(=O)N[C@@H](Cc1c[nH]c2c(F)cccc12)C(=O)N[C@@H](CCC(=O)C=N)C(=O)NCc1ccc(F)cc1. The molecule has 1 aromatic heterocycles. The van der Waals surface area contributed by atoms with Crippen molar-refractivity contribution in [3.63, 3.8) is 0 Å². The second-order valence-corrected chi connectivity index (χ2v) is 8.49. The number of aromatic nitrogens is 1.